The van der Waals surface area contributed by atoms with Gasteiger partial charge in [0.2, 0.25) is 0 Å². The van der Waals surface area contributed by atoms with E-state index in [2.05, 4.69) is 17.2 Å². The number of hydrogen-bond donors (Lipinski definition) is 1. The number of nitrogens with zero attached hydrogens (tertiary/aromatic N) is 1. The van der Waals surface area contributed by atoms with Gasteiger partial charge in [-0.05, 0) is 74.9 Å². The van der Waals surface area contributed by atoms with Crippen LogP contribution in [0.1, 0.15) is 48.1 Å². The van der Waals surface area contributed by atoms with E-state index in [0.717, 1.165) is 12.1 Å². The number of halogens is 1. The zero-order chi connectivity index (χ0) is 21.5. The minimum absolute atomic E-state index is 0.104. The highest BCUT2D eigenvalue weighted by molar-refractivity contribution is 6.30. The standard InChI is InChI=1S/C24H25ClN2O3/c1-4-14-29-17(3)23-13-12-22(16(2)26-23)24(28)27-19-8-10-20(11-9-19)30-21-7-5-6-18(25)15-21/h5-13,15,17H,4,14H2,1-3H3,(H,27,28). The molecule has 0 aliphatic rings. The van der Waals surface area contributed by atoms with Crippen LogP contribution in [-0.4, -0.2) is 17.5 Å². The zero-order valence-corrected chi connectivity index (χ0v) is 18.1. The summed E-state index contributed by atoms with van der Waals surface area (Å²) in [5.74, 6) is 1.09. The van der Waals surface area contributed by atoms with Crippen LogP contribution in [0.4, 0.5) is 5.69 Å². The van der Waals surface area contributed by atoms with Crippen molar-refractivity contribution < 1.29 is 14.3 Å². The molecule has 2 aromatic carbocycles. The Hall–Kier alpha value is -2.89. The second-order valence-corrected chi connectivity index (χ2v) is 7.36. The number of carbonyl (C=O) groups excluding carboxylic acids is 1. The van der Waals surface area contributed by atoms with E-state index in [-0.39, 0.29) is 12.0 Å². The highest BCUT2D eigenvalue weighted by atomic mass is 35.5. The fraction of sp³-hybridized carbons (Fsp3) is 0.250. The topological polar surface area (TPSA) is 60.5 Å². The van der Waals surface area contributed by atoms with Crippen LogP contribution in [0.2, 0.25) is 5.02 Å². The minimum Gasteiger partial charge on any atom is -0.457 e. The lowest BCUT2D eigenvalue weighted by Crippen LogP contribution is -2.15. The molecule has 1 amide bonds. The van der Waals surface area contributed by atoms with E-state index in [1.54, 1.807) is 42.5 Å². The first-order chi connectivity index (χ1) is 14.5. The summed E-state index contributed by atoms with van der Waals surface area (Å²) < 4.78 is 11.5. The third kappa shape index (κ3) is 5.81. The maximum absolute atomic E-state index is 12.7. The molecule has 0 aliphatic carbocycles. The van der Waals surface area contributed by atoms with E-state index < -0.39 is 0 Å². The van der Waals surface area contributed by atoms with Crippen molar-refractivity contribution in [3.63, 3.8) is 0 Å². The molecule has 0 radical (unpaired) electrons. The van der Waals surface area contributed by atoms with E-state index in [0.29, 0.717) is 40.1 Å². The molecule has 156 valence electrons. The average molecular weight is 425 g/mol. The number of rotatable bonds is 8. The van der Waals surface area contributed by atoms with Gasteiger partial charge in [0.1, 0.15) is 11.5 Å². The Labute approximate surface area is 182 Å². The van der Waals surface area contributed by atoms with Crippen LogP contribution >= 0.6 is 11.6 Å². The van der Waals surface area contributed by atoms with Crippen molar-refractivity contribution in [3.8, 4) is 11.5 Å². The highest BCUT2D eigenvalue weighted by Gasteiger charge is 2.14. The molecular formula is C24H25ClN2O3. The van der Waals surface area contributed by atoms with E-state index in [1.807, 2.05) is 32.0 Å². The van der Waals surface area contributed by atoms with Gasteiger partial charge in [-0.3, -0.25) is 9.78 Å². The SMILES string of the molecule is CCCOC(C)c1ccc(C(=O)Nc2ccc(Oc3cccc(Cl)c3)cc2)c(C)n1. The number of benzene rings is 2. The summed E-state index contributed by atoms with van der Waals surface area (Å²) in [6.07, 6.45) is 0.847. The van der Waals surface area contributed by atoms with E-state index in [1.165, 1.54) is 0 Å². The lowest BCUT2D eigenvalue weighted by molar-refractivity contribution is 0.0632. The van der Waals surface area contributed by atoms with Crippen molar-refractivity contribution in [2.24, 2.45) is 0 Å². The smallest absolute Gasteiger partial charge is 0.257 e. The summed E-state index contributed by atoms with van der Waals surface area (Å²) in [7, 11) is 0. The number of carbonyl (C=O) groups is 1. The fourth-order valence-electron chi connectivity index (χ4n) is 2.90. The van der Waals surface area contributed by atoms with Gasteiger partial charge in [0.05, 0.1) is 23.1 Å². The summed E-state index contributed by atoms with van der Waals surface area (Å²) in [5, 5.41) is 3.50. The van der Waals surface area contributed by atoms with Gasteiger partial charge in [-0.2, -0.15) is 0 Å². The Morgan fingerprint density at radius 2 is 1.87 bits per heavy atom. The van der Waals surface area contributed by atoms with Crippen molar-refractivity contribution in [1.29, 1.82) is 0 Å². The molecule has 0 bridgehead atoms. The van der Waals surface area contributed by atoms with E-state index >= 15 is 0 Å². The minimum atomic E-state index is -0.211. The quantitative estimate of drug-likeness (QED) is 0.444. The normalized spacial score (nSPS) is 11.7. The van der Waals surface area contributed by atoms with Gasteiger partial charge in [-0.15, -0.1) is 0 Å². The molecule has 0 saturated heterocycles. The number of aryl methyl sites for hydroxylation is 1. The molecular weight excluding hydrogens is 400 g/mol. The molecule has 1 N–H and O–H groups in total. The largest absolute Gasteiger partial charge is 0.457 e. The first-order valence-electron chi connectivity index (χ1n) is 9.90. The van der Waals surface area contributed by atoms with Crippen LogP contribution < -0.4 is 10.1 Å². The van der Waals surface area contributed by atoms with Crippen molar-refractivity contribution in [3.05, 3.63) is 82.6 Å². The summed E-state index contributed by atoms with van der Waals surface area (Å²) in [4.78, 5) is 17.2. The number of nitrogens with one attached hydrogen (secondary N) is 1. The van der Waals surface area contributed by atoms with Gasteiger partial charge in [0.15, 0.2) is 0 Å². The van der Waals surface area contributed by atoms with Crippen molar-refractivity contribution in [2.75, 3.05) is 11.9 Å². The van der Waals surface area contributed by atoms with Gasteiger partial charge in [0.25, 0.3) is 5.91 Å². The fourth-order valence-corrected chi connectivity index (χ4v) is 3.08. The van der Waals surface area contributed by atoms with Crippen molar-refractivity contribution in [1.82, 2.24) is 4.98 Å². The van der Waals surface area contributed by atoms with Crippen LogP contribution in [0.3, 0.4) is 0 Å². The number of hydrogen-bond acceptors (Lipinski definition) is 4. The first-order valence-corrected chi connectivity index (χ1v) is 10.3. The molecule has 6 heteroatoms. The van der Waals surface area contributed by atoms with Crippen LogP contribution in [-0.2, 0) is 4.74 Å². The molecule has 5 nitrogen and oxygen atoms in total. The van der Waals surface area contributed by atoms with Gasteiger partial charge >= 0.3 is 0 Å². The molecule has 0 aliphatic heterocycles. The summed E-state index contributed by atoms with van der Waals surface area (Å²) in [6, 6.07) is 18.0. The number of amides is 1. The monoisotopic (exact) mass is 424 g/mol. The maximum atomic E-state index is 12.7. The molecule has 0 fully saturated rings. The van der Waals surface area contributed by atoms with Crippen molar-refractivity contribution >= 4 is 23.2 Å². The Morgan fingerprint density at radius 3 is 2.53 bits per heavy atom. The molecule has 3 rings (SSSR count). The predicted molar refractivity (Wildman–Crippen MR) is 120 cm³/mol. The van der Waals surface area contributed by atoms with Crippen LogP contribution in [0.15, 0.2) is 60.7 Å². The summed E-state index contributed by atoms with van der Waals surface area (Å²) in [6.45, 7) is 6.53. The highest BCUT2D eigenvalue weighted by Crippen LogP contribution is 2.25. The Balaban J connectivity index is 1.64. The first kappa shape index (κ1) is 21.8. The lowest BCUT2D eigenvalue weighted by atomic mass is 10.1. The molecule has 1 unspecified atom stereocenters. The Kier molecular flexibility index (Phi) is 7.44. The van der Waals surface area contributed by atoms with Gasteiger partial charge < -0.3 is 14.8 Å². The number of ether oxygens (including phenoxy) is 2. The molecule has 1 aromatic heterocycles. The summed E-state index contributed by atoms with van der Waals surface area (Å²) in [5.41, 5.74) is 2.68. The maximum Gasteiger partial charge on any atom is 0.257 e. The Morgan fingerprint density at radius 1 is 1.10 bits per heavy atom. The van der Waals surface area contributed by atoms with Crippen LogP contribution in [0.25, 0.3) is 0 Å². The van der Waals surface area contributed by atoms with Crippen LogP contribution in [0, 0.1) is 6.92 Å². The van der Waals surface area contributed by atoms with Crippen LogP contribution in [0.5, 0.6) is 11.5 Å². The zero-order valence-electron chi connectivity index (χ0n) is 17.3. The number of anilines is 1. The van der Waals surface area contributed by atoms with Gasteiger partial charge in [-0.25, -0.2) is 0 Å². The Bertz CT molecular complexity index is 1010. The molecule has 0 saturated carbocycles. The number of pyridine rings is 1. The molecule has 0 spiro atoms. The third-order valence-corrected chi connectivity index (χ3v) is 4.72. The molecule has 3 aromatic rings. The molecule has 1 heterocycles. The van der Waals surface area contributed by atoms with Gasteiger partial charge in [0, 0.05) is 17.3 Å². The molecule has 30 heavy (non-hydrogen) atoms. The average Bonchev–Trinajstić information content (AvgIpc) is 2.73. The second-order valence-electron chi connectivity index (χ2n) is 6.92. The second kappa shape index (κ2) is 10.2. The summed E-state index contributed by atoms with van der Waals surface area (Å²) >= 11 is 5.97. The lowest BCUT2D eigenvalue weighted by Gasteiger charge is -2.14. The van der Waals surface area contributed by atoms with E-state index in [4.69, 9.17) is 21.1 Å². The number of aromatic nitrogens is 1. The van der Waals surface area contributed by atoms with E-state index in [9.17, 15) is 4.79 Å². The third-order valence-electron chi connectivity index (χ3n) is 4.48. The predicted octanol–water partition coefficient (Wildman–Crippen LogP) is 6.58. The van der Waals surface area contributed by atoms with Crippen molar-refractivity contribution in [2.45, 2.75) is 33.3 Å². The molecule has 1 atom stereocenters. The van der Waals surface area contributed by atoms with Gasteiger partial charge in [-0.1, -0.05) is 24.6 Å².